The van der Waals surface area contributed by atoms with Crippen LogP contribution in [0.5, 0.6) is 0 Å². The summed E-state index contributed by atoms with van der Waals surface area (Å²) in [5.74, 6) is -0.545. The number of hydrogen-bond donors (Lipinski definition) is 0. The highest BCUT2D eigenvalue weighted by molar-refractivity contribution is 5.67. The molecular formula is C27H40O7. The highest BCUT2D eigenvalue weighted by Crippen LogP contribution is 2.67. The molecule has 7 heteroatoms. The van der Waals surface area contributed by atoms with Gasteiger partial charge in [-0.15, -0.1) is 0 Å². The minimum Gasteiger partial charge on any atom is -0.458 e. The molecule has 1 saturated carbocycles. The summed E-state index contributed by atoms with van der Waals surface area (Å²) in [5.41, 5.74) is 0.858. The number of carbonyl (C=O) groups excluding carboxylic acids is 2. The van der Waals surface area contributed by atoms with Crippen LogP contribution in [0.25, 0.3) is 0 Å². The van der Waals surface area contributed by atoms with Crippen molar-refractivity contribution >= 4 is 11.9 Å². The fourth-order valence-corrected chi connectivity index (χ4v) is 6.52. The highest BCUT2D eigenvalue weighted by Gasteiger charge is 2.71. The second-order valence-corrected chi connectivity index (χ2v) is 10.1. The lowest BCUT2D eigenvalue weighted by atomic mass is 9.45. The van der Waals surface area contributed by atoms with E-state index in [2.05, 4.69) is 27.0 Å². The standard InChI is InChI=1S/C27H40O7/c1-9-16(3)11-12-26(7)17(4)13-23(30-8)27-21(14-20(15-22(26)27)32-18(5)28)24(31-10-2)34-25(27)33-19(6)29/h9,14,17,20,22-25H,1,3,10-13,15H2,2,4-8H3/t17-,20-,22-,23-,24-,25+,26+,27+/m1/s1. The van der Waals surface area contributed by atoms with Gasteiger partial charge in [-0.25, -0.2) is 0 Å². The molecule has 0 N–H and O–H groups in total. The van der Waals surface area contributed by atoms with Crippen molar-refractivity contribution in [3.8, 4) is 0 Å². The van der Waals surface area contributed by atoms with Crippen molar-refractivity contribution in [3.05, 3.63) is 36.5 Å². The normalized spacial score (nSPS) is 38.8. The van der Waals surface area contributed by atoms with Gasteiger partial charge in [-0.3, -0.25) is 9.59 Å². The number of rotatable bonds is 9. The zero-order chi connectivity index (χ0) is 25.3. The lowest BCUT2D eigenvalue weighted by Crippen LogP contribution is -2.63. The molecule has 1 saturated heterocycles. The summed E-state index contributed by atoms with van der Waals surface area (Å²) < 4.78 is 30.0. The summed E-state index contributed by atoms with van der Waals surface area (Å²) in [5, 5.41) is 0. The number of methoxy groups -OCH3 is 1. The Morgan fingerprint density at radius 1 is 1.24 bits per heavy atom. The molecular weight excluding hydrogens is 436 g/mol. The lowest BCUT2D eigenvalue weighted by molar-refractivity contribution is -0.259. The SMILES string of the molecule is C=CC(=C)CC[C@@]1(C)[C@H](C)C[C@@H](OC)[C@]23C(=C[C@@H](OC(C)=O)C[C@H]12)[C@H](OCC)O[C@@H]3OC(C)=O. The monoisotopic (exact) mass is 476 g/mol. The second kappa shape index (κ2) is 10.3. The summed E-state index contributed by atoms with van der Waals surface area (Å²) >= 11 is 0. The van der Waals surface area contributed by atoms with Crippen LogP contribution in [-0.4, -0.2) is 50.4 Å². The van der Waals surface area contributed by atoms with Crippen molar-refractivity contribution in [1.29, 1.82) is 0 Å². The maximum atomic E-state index is 12.2. The predicted octanol–water partition coefficient (Wildman–Crippen LogP) is 4.72. The lowest BCUT2D eigenvalue weighted by Gasteiger charge is -2.61. The van der Waals surface area contributed by atoms with E-state index in [-0.39, 0.29) is 29.3 Å². The predicted molar refractivity (Wildman–Crippen MR) is 127 cm³/mol. The van der Waals surface area contributed by atoms with E-state index in [4.69, 9.17) is 23.7 Å². The van der Waals surface area contributed by atoms with Gasteiger partial charge in [-0.05, 0) is 55.9 Å². The third kappa shape index (κ3) is 4.50. The molecule has 0 aromatic heterocycles. The minimum atomic E-state index is -0.865. The van der Waals surface area contributed by atoms with Crippen LogP contribution in [0.2, 0.25) is 0 Å². The number of esters is 2. The molecule has 0 radical (unpaired) electrons. The van der Waals surface area contributed by atoms with Gasteiger partial charge in [0.25, 0.3) is 0 Å². The van der Waals surface area contributed by atoms with E-state index in [0.717, 1.165) is 30.4 Å². The molecule has 8 atom stereocenters. The summed E-state index contributed by atoms with van der Waals surface area (Å²) in [6.45, 7) is 17.6. The van der Waals surface area contributed by atoms with Gasteiger partial charge in [0, 0.05) is 33.1 Å². The molecule has 0 amide bonds. The van der Waals surface area contributed by atoms with Gasteiger partial charge in [0.1, 0.15) is 6.10 Å². The minimum absolute atomic E-state index is 0.0644. The third-order valence-electron chi connectivity index (χ3n) is 8.29. The molecule has 1 spiro atoms. The molecule has 0 aromatic rings. The Bertz CT molecular complexity index is 848. The molecule has 3 aliphatic rings. The average Bonchev–Trinajstić information content (AvgIpc) is 3.06. The zero-order valence-electron chi connectivity index (χ0n) is 21.4. The Morgan fingerprint density at radius 3 is 2.47 bits per heavy atom. The summed E-state index contributed by atoms with van der Waals surface area (Å²) in [4.78, 5) is 24.1. The molecule has 7 nitrogen and oxygen atoms in total. The van der Waals surface area contributed by atoms with E-state index in [1.807, 2.05) is 13.0 Å². The van der Waals surface area contributed by atoms with Crippen LogP contribution >= 0.6 is 0 Å². The van der Waals surface area contributed by atoms with E-state index < -0.39 is 30.1 Å². The Labute approximate surface area is 203 Å². The zero-order valence-corrected chi connectivity index (χ0v) is 21.4. The quantitative estimate of drug-likeness (QED) is 0.271. The summed E-state index contributed by atoms with van der Waals surface area (Å²) in [6, 6.07) is 0. The van der Waals surface area contributed by atoms with Crippen molar-refractivity contribution in [2.24, 2.45) is 22.7 Å². The van der Waals surface area contributed by atoms with E-state index in [9.17, 15) is 9.59 Å². The van der Waals surface area contributed by atoms with Gasteiger partial charge in [0.05, 0.1) is 11.5 Å². The average molecular weight is 477 g/mol. The van der Waals surface area contributed by atoms with Crippen LogP contribution in [0.15, 0.2) is 36.5 Å². The van der Waals surface area contributed by atoms with Crippen LogP contribution in [0.3, 0.4) is 0 Å². The second-order valence-electron chi connectivity index (χ2n) is 10.1. The summed E-state index contributed by atoms with van der Waals surface area (Å²) in [6.07, 6.45) is 4.44. The number of ether oxygens (including phenoxy) is 5. The van der Waals surface area contributed by atoms with Crippen molar-refractivity contribution in [2.45, 2.75) is 85.1 Å². The van der Waals surface area contributed by atoms with Crippen molar-refractivity contribution < 1.29 is 33.3 Å². The fourth-order valence-electron chi connectivity index (χ4n) is 6.52. The first kappa shape index (κ1) is 26.6. The van der Waals surface area contributed by atoms with E-state index in [1.54, 1.807) is 13.2 Å². The largest absolute Gasteiger partial charge is 0.458 e. The Morgan fingerprint density at radius 2 is 1.91 bits per heavy atom. The maximum absolute atomic E-state index is 12.2. The van der Waals surface area contributed by atoms with Crippen LogP contribution in [0.1, 0.15) is 60.3 Å². The molecule has 0 bridgehead atoms. The first-order valence-electron chi connectivity index (χ1n) is 12.2. The molecule has 0 aromatic carbocycles. The van der Waals surface area contributed by atoms with Crippen LogP contribution in [0, 0.1) is 22.7 Å². The molecule has 190 valence electrons. The molecule has 3 rings (SSSR count). The van der Waals surface area contributed by atoms with Gasteiger partial charge < -0.3 is 23.7 Å². The van der Waals surface area contributed by atoms with Gasteiger partial charge >= 0.3 is 11.9 Å². The topological polar surface area (TPSA) is 80.3 Å². The van der Waals surface area contributed by atoms with E-state index in [0.29, 0.717) is 13.0 Å². The van der Waals surface area contributed by atoms with Gasteiger partial charge in [-0.1, -0.05) is 38.7 Å². The van der Waals surface area contributed by atoms with Crippen LogP contribution < -0.4 is 0 Å². The summed E-state index contributed by atoms with van der Waals surface area (Å²) in [7, 11) is 1.69. The Balaban J connectivity index is 2.21. The fraction of sp³-hybridized carbons (Fsp3) is 0.704. The molecule has 1 aliphatic heterocycles. The van der Waals surface area contributed by atoms with E-state index in [1.165, 1.54) is 13.8 Å². The van der Waals surface area contributed by atoms with E-state index >= 15 is 0 Å². The molecule has 0 unspecified atom stereocenters. The highest BCUT2D eigenvalue weighted by atomic mass is 16.8. The first-order chi connectivity index (χ1) is 16.0. The molecule has 1 heterocycles. The first-order valence-corrected chi connectivity index (χ1v) is 12.2. The third-order valence-corrected chi connectivity index (χ3v) is 8.29. The van der Waals surface area contributed by atoms with Gasteiger partial charge in [0.2, 0.25) is 6.29 Å². The van der Waals surface area contributed by atoms with Gasteiger partial charge in [0.15, 0.2) is 6.29 Å². The molecule has 2 aliphatic carbocycles. The Hall–Kier alpha value is -1.96. The Kier molecular flexibility index (Phi) is 8.10. The smallest absolute Gasteiger partial charge is 0.304 e. The number of carbonyl (C=O) groups is 2. The number of allylic oxidation sites excluding steroid dienone is 2. The van der Waals surface area contributed by atoms with Crippen molar-refractivity contribution in [2.75, 3.05) is 13.7 Å². The van der Waals surface area contributed by atoms with Crippen LogP contribution in [-0.2, 0) is 33.3 Å². The maximum Gasteiger partial charge on any atom is 0.304 e. The molecule has 34 heavy (non-hydrogen) atoms. The number of hydrogen-bond acceptors (Lipinski definition) is 7. The van der Waals surface area contributed by atoms with Gasteiger partial charge in [-0.2, -0.15) is 0 Å². The van der Waals surface area contributed by atoms with Crippen molar-refractivity contribution in [3.63, 3.8) is 0 Å². The van der Waals surface area contributed by atoms with Crippen LogP contribution in [0.4, 0.5) is 0 Å². The van der Waals surface area contributed by atoms with Crippen molar-refractivity contribution in [1.82, 2.24) is 0 Å². The molecule has 2 fully saturated rings.